The van der Waals surface area contributed by atoms with Crippen LogP contribution in [-0.4, -0.2) is 21.2 Å². The lowest BCUT2D eigenvalue weighted by Gasteiger charge is -2.20. The molecule has 2 heterocycles. The van der Waals surface area contributed by atoms with Crippen LogP contribution in [0.3, 0.4) is 0 Å². The molecule has 18 heavy (non-hydrogen) atoms. The predicted molar refractivity (Wildman–Crippen MR) is 69.3 cm³/mol. The van der Waals surface area contributed by atoms with Crippen molar-refractivity contribution >= 4 is 6.09 Å². The molecule has 2 aromatic heterocycles. The van der Waals surface area contributed by atoms with Crippen LogP contribution in [0.15, 0.2) is 42.9 Å². The number of carbonyl (C=O) groups excluding carboxylic acids is 1. The predicted octanol–water partition coefficient (Wildman–Crippen LogP) is 3.33. The average Bonchev–Trinajstić information content (AvgIpc) is 2.76. The summed E-state index contributed by atoms with van der Waals surface area (Å²) in [7, 11) is 0. The van der Waals surface area contributed by atoms with Gasteiger partial charge in [-0.3, -0.25) is 9.55 Å². The Balaban J connectivity index is 2.32. The topological polar surface area (TPSA) is 44.1 Å². The molecule has 2 rings (SSSR count). The van der Waals surface area contributed by atoms with Crippen LogP contribution in [0, 0.1) is 0 Å². The van der Waals surface area contributed by atoms with Crippen LogP contribution in [0.25, 0.3) is 11.3 Å². The van der Waals surface area contributed by atoms with Crippen LogP contribution in [0.2, 0.25) is 0 Å². The Kier molecular flexibility index (Phi) is 3.19. The third-order valence-electron chi connectivity index (χ3n) is 2.32. The van der Waals surface area contributed by atoms with Gasteiger partial charge in [-0.05, 0) is 45.0 Å². The standard InChI is InChI=1S/C14H16N2O2/c1-14(2,3)18-13(17)16-10-4-5-12(16)11-6-8-15-9-7-11/h4-10H,1-3H3. The molecule has 0 radical (unpaired) electrons. The minimum absolute atomic E-state index is 0.376. The maximum atomic E-state index is 12.0. The maximum absolute atomic E-state index is 12.0. The SMILES string of the molecule is CC(C)(C)OC(=O)n1cccc1-c1ccncc1. The molecule has 4 nitrogen and oxygen atoms in total. The third kappa shape index (κ3) is 2.77. The smallest absolute Gasteiger partial charge is 0.418 e. The van der Waals surface area contributed by atoms with E-state index in [4.69, 9.17) is 4.74 Å². The van der Waals surface area contributed by atoms with Crippen molar-refractivity contribution in [2.24, 2.45) is 0 Å². The number of rotatable bonds is 1. The Bertz CT molecular complexity index is 538. The molecule has 0 unspecified atom stereocenters. The fourth-order valence-electron chi connectivity index (χ4n) is 1.61. The highest BCUT2D eigenvalue weighted by Gasteiger charge is 2.19. The van der Waals surface area contributed by atoms with Crippen molar-refractivity contribution < 1.29 is 9.53 Å². The second-order valence-electron chi connectivity index (χ2n) is 4.98. The van der Waals surface area contributed by atoms with E-state index in [1.807, 2.05) is 45.0 Å². The Labute approximate surface area is 106 Å². The zero-order valence-electron chi connectivity index (χ0n) is 10.8. The van der Waals surface area contributed by atoms with E-state index in [1.54, 1.807) is 18.6 Å². The van der Waals surface area contributed by atoms with Crippen molar-refractivity contribution in [2.45, 2.75) is 26.4 Å². The van der Waals surface area contributed by atoms with Gasteiger partial charge in [-0.1, -0.05) is 0 Å². The van der Waals surface area contributed by atoms with E-state index in [9.17, 15) is 4.79 Å². The third-order valence-corrected chi connectivity index (χ3v) is 2.32. The first-order valence-corrected chi connectivity index (χ1v) is 5.78. The summed E-state index contributed by atoms with van der Waals surface area (Å²) in [5, 5.41) is 0. The summed E-state index contributed by atoms with van der Waals surface area (Å²) in [5.41, 5.74) is 1.23. The van der Waals surface area contributed by atoms with Gasteiger partial charge < -0.3 is 4.74 Å². The molecular formula is C14H16N2O2. The monoisotopic (exact) mass is 244 g/mol. The Hall–Kier alpha value is -2.10. The molecule has 0 aliphatic carbocycles. The molecule has 0 bridgehead atoms. The van der Waals surface area contributed by atoms with Gasteiger partial charge in [0.2, 0.25) is 0 Å². The van der Waals surface area contributed by atoms with Gasteiger partial charge in [0, 0.05) is 24.2 Å². The molecule has 0 fully saturated rings. The lowest BCUT2D eigenvalue weighted by Crippen LogP contribution is -2.27. The van der Waals surface area contributed by atoms with E-state index >= 15 is 0 Å². The van der Waals surface area contributed by atoms with Crippen LogP contribution in [0.5, 0.6) is 0 Å². The van der Waals surface area contributed by atoms with Crippen molar-refractivity contribution in [3.63, 3.8) is 0 Å². The number of hydrogen-bond acceptors (Lipinski definition) is 3. The Morgan fingerprint density at radius 1 is 1.22 bits per heavy atom. The molecule has 0 spiro atoms. The van der Waals surface area contributed by atoms with Crippen molar-refractivity contribution in [2.75, 3.05) is 0 Å². The Morgan fingerprint density at radius 3 is 2.50 bits per heavy atom. The summed E-state index contributed by atoms with van der Waals surface area (Å²) in [6.45, 7) is 5.54. The first kappa shape index (κ1) is 12.4. The van der Waals surface area contributed by atoms with Gasteiger partial charge in [-0.25, -0.2) is 4.79 Å². The van der Waals surface area contributed by atoms with Gasteiger partial charge >= 0.3 is 6.09 Å². The van der Waals surface area contributed by atoms with Crippen LogP contribution >= 0.6 is 0 Å². The van der Waals surface area contributed by atoms with Gasteiger partial charge in [0.05, 0.1) is 5.69 Å². The molecule has 0 saturated carbocycles. The second-order valence-corrected chi connectivity index (χ2v) is 4.98. The van der Waals surface area contributed by atoms with E-state index in [0.29, 0.717) is 0 Å². The van der Waals surface area contributed by atoms with Gasteiger partial charge in [0.15, 0.2) is 0 Å². The highest BCUT2D eigenvalue weighted by molar-refractivity contribution is 5.78. The van der Waals surface area contributed by atoms with Crippen LogP contribution < -0.4 is 0 Å². The van der Waals surface area contributed by atoms with E-state index < -0.39 is 5.60 Å². The first-order chi connectivity index (χ1) is 8.47. The van der Waals surface area contributed by atoms with Crippen LogP contribution in [-0.2, 0) is 4.74 Å². The summed E-state index contributed by atoms with van der Waals surface area (Å²) >= 11 is 0. The molecule has 94 valence electrons. The molecule has 0 atom stereocenters. The summed E-state index contributed by atoms with van der Waals surface area (Å²) in [6, 6.07) is 7.41. The normalized spacial score (nSPS) is 11.3. The number of nitrogens with zero attached hydrogens (tertiary/aromatic N) is 2. The van der Waals surface area contributed by atoms with Gasteiger partial charge in [-0.15, -0.1) is 0 Å². The summed E-state index contributed by atoms with van der Waals surface area (Å²) in [6.07, 6.45) is 4.72. The van der Waals surface area contributed by atoms with E-state index in [-0.39, 0.29) is 6.09 Å². The molecule has 0 aliphatic heterocycles. The van der Waals surface area contributed by atoms with Gasteiger partial charge in [0.1, 0.15) is 5.60 Å². The number of hydrogen-bond donors (Lipinski definition) is 0. The quantitative estimate of drug-likeness (QED) is 0.772. The van der Waals surface area contributed by atoms with Gasteiger partial charge in [0.25, 0.3) is 0 Å². The molecule has 0 aliphatic rings. The molecule has 0 N–H and O–H groups in total. The fraction of sp³-hybridized carbons (Fsp3) is 0.286. The summed E-state index contributed by atoms with van der Waals surface area (Å²) < 4.78 is 6.85. The van der Waals surface area contributed by atoms with Crippen molar-refractivity contribution in [3.8, 4) is 11.3 Å². The van der Waals surface area contributed by atoms with Crippen LogP contribution in [0.4, 0.5) is 4.79 Å². The highest BCUT2D eigenvalue weighted by atomic mass is 16.6. The number of aromatic nitrogens is 2. The molecular weight excluding hydrogens is 228 g/mol. The van der Waals surface area contributed by atoms with E-state index in [2.05, 4.69) is 4.98 Å². The van der Waals surface area contributed by atoms with Crippen molar-refractivity contribution in [3.05, 3.63) is 42.9 Å². The molecule has 0 saturated heterocycles. The fourth-order valence-corrected chi connectivity index (χ4v) is 1.61. The number of pyridine rings is 1. The zero-order chi connectivity index (χ0) is 13.2. The van der Waals surface area contributed by atoms with E-state index in [1.165, 1.54) is 4.57 Å². The molecule has 2 aromatic rings. The van der Waals surface area contributed by atoms with Gasteiger partial charge in [-0.2, -0.15) is 0 Å². The zero-order valence-corrected chi connectivity index (χ0v) is 10.8. The number of carbonyl (C=O) groups is 1. The van der Waals surface area contributed by atoms with Crippen molar-refractivity contribution in [1.29, 1.82) is 0 Å². The minimum atomic E-state index is -0.503. The second kappa shape index (κ2) is 4.64. The average molecular weight is 244 g/mol. The first-order valence-electron chi connectivity index (χ1n) is 5.78. The Morgan fingerprint density at radius 2 is 1.89 bits per heavy atom. The molecule has 4 heteroatoms. The largest absolute Gasteiger partial charge is 0.443 e. The van der Waals surface area contributed by atoms with Crippen LogP contribution in [0.1, 0.15) is 20.8 Å². The lowest BCUT2D eigenvalue weighted by molar-refractivity contribution is 0.0540. The maximum Gasteiger partial charge on any atom is 0.418 e. The minimum Gasteiger partial charge on any atom is -0.443 e. The van der Waals surface area contributed by atoms with E-state index in [0.717, 1.165) is 11.3 Å². The lowest BCUT2D eigenvalue weighted by atomic mass is 10.2. The molecule has 0 amide bonds. The highest BCUT2D eigenvalue weighted by Crippen LogP contribution is 2.20. The number of ether oxygens (including phenoxy) is 1. The van der Waals surface area contributed by atoms with Crippen molar-refractivity contribution in [1.82, 2.24) is 9.55 Å². The summed E-state index contributed by atoms with van der Waals surface area (Å²) in [4.78, 5) is 16.0. The summed E-state index contributed by atoms with van der Waals surface area (Å²) in [5.74, 6) is 0. The molecule has 0 aromatic carbocycles.